The molecule has 4 rings (SSSR count). The summed E-state index contributed by atoms with van der Waals surface area (Å²) in [6.07, 6.45) is 5.31. The number of halogens is 1. The van der Waals surface area contributed by atoms with E-state index in [1.54, 1.807) is 6.07 Å². The van der Waals surface area contributed by atoms with Crippen LogP contribution in [0.15, 0.2) is 42.6 Å². The van der Waals surface area contributed by atoms with E-state index in [4.69, 9.17) is 4.74 Å². The normalized spacial score (nSPS) is 24.5. The Morgan fingerprint density at radius 3 is 2.85 bits per heavy atom. The van der Waals surface area contributed by atoms with Crippen LogP contribution < -0.4 is 4.74 Å². The summed E-state index contributed by atoms with van der Waals surface area (Å²) in [5.41, 5.74) is 1.87. The van der Waals surface area contributed by atoms with Gasteiger partial charge in [0.2, 0.25) is 5.88 Å². The van der Waals surface area contributed by atoms with Crippen molar-refractivity contribution < 1.29 is 13.9 Å². The molecule has 2 saturated heterocycles. The molecule has 0 spiro atoms. The molecule has 1 aromatic heterocycles. The molecule has 26 heavy (non-hydrogen) atoms. The van der Waals surface area contributed by atoms with Crippen molar-refractivity contribution in [2.75, 3.05) is 6.61 Å². The lowest BCUT2D eigenvalue weighted by atomic mass is 9.90. The Labute approximate surface area is 153 Å². The molecule has 5 heteroatoms. The third-order valence-electron chi connectivity index (χ3n) is 5.61. The molecular formula is C21H23FN2O2. The Morgan fingerprint density at radius 1 is 1.23 bits per heavy atom. The zero-order valence-electron chi connectivity index (χ0n) is 14.9. The molecule has 2 unspecified atom stereocenters. The van der Waals surface area contributed by atoms with E-state index >= 15 is 0 Å². The zero-order chi connectivity index (χ0) is 18.1. The minimum atomic E-state index is -0.372. The second-order valence-corrected chi connectivity index (χ2v) is 7.34. The topological polar surface area (TPSA) is 42.4 Å². The van der Waals surface area contributed by atoms with Gasteiger partial charge in [0.15, 0.2) is 0 Å². The first-order valence-electron chi connectivity index (χ1n) is 9.25. The third-order valence-corrected chi connectivity index (χ3v) is 5.61. The fourth-order valence-electron chi connectivity index (χ4n) is 4.34. The number of piperidine rings is 1. The maximum absolute atomic E-state index is 13.1. The molecule has 1 aromatic carbocycles. The summed E-state index contributed by atoms with van der Waals surface area (Å²) in [7, 11) is 0. The molecule has 4 nitrogen and oxygen atoms in total. The summed E-state index contributed by atoms with van der Waals surface area (Å²) in [4.78, 5) is 19.1. The van der Waals surface area contributed by atoms with Crippen LogP contribution >= 0.6 is 0 Å². The van der Waals surface area contributed by atoms with Gasteiger partial charge in [-0.3, -0.25) is 4.79 Å². The number of nitrogens with zero attached hydrogens (tertiary/aromatic N) is 2. The van der Waals surface area contributed by atoms with Crippen molar-refractivity contribution in [1.82, 2.24) is 9.88 Å². The molecule has 2 aliphatic rings. The number of carbonyl (C=O) groups excluding carboxylic acids is 1. The molecule has 3 atom stereocenters. The van der Waals surface area contributed by atoms with Crippen molar-refractivity contribution in [3.05, 3.63) is 59.5 Å². The number of rotatable bonds is 4. The van der Waals surface area contributed by atoms with Crippen LogP contribution in [0.3, 0.4) is 0 Å². The number of benzene rings is 1. The molecule has 2 aliphatic heterocycles. The highest BCUT2D eigenvalue weighted by Gasteiger charge is 2.45. The molecule has 2 fully saturated rings. The average molecular weight is 354 g/mol. The van der Waals surface area contributed by atoms with Gasteiger partial charge in [0, 0.05) is 29.6 Å². The van der Waals surface area contributed by atoms with Crippen LogP contribution in [0.25, 0.3) is 0 Å². The molecule has 3 heterocycles. The summed E-state index contributed by atoms with van der Waals surface area (Å²) < 4.78 is 18.8. The SMILES string of the molecule is Cc1cccc(C(=O)N2C3CCC2[C@@H](COc2ccc(F)cn2)CC3)c1. The largest absolute Gasteiger partial charge is 0.477 e. The number of hydrogen-bond acceptors (Lipinski definition) is 3. The molecule has 0 N–H and O–H groups in total. The maximum Gasteiger partial charge on any atom is 0.254 e. The van der Waals surface area contributed by atoms with Gasteiger partial charge in [-0.2, -0.15) is 0 Å². The second-order valence-electron chi connectivity index (χ2n) is 7.34. The molecule has 1 amide bonds. The molecule has 2 aromatic rings. The monoisotopic (exact) mass is 354 g/mol. The van der Waals surface area contributed by atoms with Crippen molar-refractivity contribution in [3.8, 4) is 5.88 Å². The Kier molecular flexibility index (Phi) is 4.62. The van der Waals surface area contributed by atoms with E-state index in [1.807, 2.05) is 31.2 Å². The predicted octanol–water partition coefficient (Wildman–Crippen LogP) is 3.99. The van der Waals surface area contributed by atoms with Crippen LogP contribution in [0.4, 0.5) is 4.39 Å². The van der Waals surface area contributed by atoms with Crippen molar-refractivity contribution in [2.45, 2.75) is 44.7 Å². The number of ether oxygens (including phenoxy) is 1. The molecule has 136 valence electrons. The lowest BCUT2D eigenvalue weighted by molar-refractivity contribution is 0.0403. The van der Waals surface area contributed by atoms with E-state index in [0.717, 1.165) is 43.0 Å². The van der Waals surface area contributed by atoms with Crippen LogP contribution in [-0.2, 0) is 0 Å². The highest BCUT2D eigenvalue weighted by molar-refractivity contribution is 5.95. The van der Waals surface area contributed by atoms with E-state index < -0.39 is 0 Å². The summed E-state index contributed by atoms with van der Waals surface area (Å²) >= 11 is 0. The highest BCUT2D eigenvalue weighted by Crippen LogP contribution is 2.40. The number of hydrogen-bond donors (Lipinski definition) is 0. The van der Waals surface area contributed by atoms with Gasteiger partial charge in [-0.05, 0) is 50.8 Å². The van der Waals surface area contributed by atoms with Gasteiger partial charge in [0.1, 0.15) is 5.82 Å². The highest BCUT2D eigenvalue weighted by atomic mass is 19.1. The predicted molar refractivity (Wildman–Crippen MR) is 96.6 cm³/mol. The van der Waals surface area contributed by atoms with Gasteiger partial charge < -0.3 is 9.64 Å². The average Bonchev–Trinajstić information content (AvgIpc) is 2.96. The van der Waals surface area contributed by atoms with E-state index in [9.17, 15) is 9.18 Å². The lowest BCUT2D eigenvalue weighted by Gasteiger charge is -2.40. The van der Waals surface area contributed by atoms with Crippen molar-refractivity contribution >= 4 is 5.91 Å². The quantitative estimate of drug-likeness (QED) is 0.834. The molecule has 0 aliphatic carbocycles. The van der Waals surface area contributed by atoms with Crippen LogP contribution in [0.5, 0.6) is 5.88 Å². The van der Waals surface area contributed by atoms with Gasteiger partial charge in [0.05, 0.1) is 12.8 Å². The number of carbonyl (C=O) groups is 1. The second kappa shape index (κ2) is 7.06. The summed E-state index contributed by atoms with van der Waals surface area (Å²) in [6, 6.07) is 11.3. The van der Waals surface area contributed by atoms with Crippen molar-refractivity contribution in [1.29, 1.82) is 0 Å². The minimum absolute atomic E-state index is 0.130. The van der Waals surface area contributed by atoms with E-state index in [-0.39, 0.29) is 23.7 Å². The van der Waals surface area contributed by atoms with Crippen LogP contribution in [-0.4, -0.2) is 34.5 Å². The smallest absolute Gasteiger partial charge is 0.254 e. The first kappa shape index (κ1) is 17.0. The Bertz CT molecular complexity index is 793. The van der Waals surface area contributed by atoms with E-state index in [0.29, 0.717) is 18.5 Å². The molecule has 2 bridgehead atoms. The lowest BCUT2D eigenvalue weighted by Crippen LogP contribution is -2.49. The first-order chi connectivity index (χ1) is 12.6. The van der Waals surface area contributed by atoms with E-state index in [2.05, 4.69) is 9.88 Å². The number of fused-ring (bicyclic) bond motifs is 2. The van der Waals surface area contributed by atoms with Crippen molar-refractivity contribution in [3.63, 3.8) is 0 Å². The van der Waals surface area contributed by atoms with E-state index in [1.165, 1.54) is 6.07 Å². The zero-order valence-corrected chi connectivity index (χ0v) is 14.9. The van der Waals surface area contributed by atoms with Gasteiger partial charge in [0.25, 0.3) is 5.91 Å². The molecular weight excluding hydrogens is 331 g/mol. The number of pyridine rings is 1. The van der Waals surface area contributed by atoms with Gasteiger partial charge in [-0.1, -0.05) is 17.7 Å². The van der Waals surface area contributed by atoms with Gasteiger partial charge in [-0.25, -0.2) is 9.37 Å². The number of aromatic nitrogens is 1. The third kappa shape index (κ3) is 3.30. The number of amides is 1. The standard InChI is InChI=1S/C21H23FN2O2/c1-14-3-2-4-15(11-14)21(25)24-18-7-5-16(19(24)9-8-18)13-26-20-10-6-17(22)12-23-20/h2-4,6,10-12,16,18-19H,5,7-9,13H2,1H3/t16-,18?,19?/m1/s1. The van der Waals surface area contributed by atoms with Gasteiger partial charge in [-0.15, -0.1) is 0 Å². The molecule has 0 saturated carbocycles. The van der Waals surface area contributed by atoms with Crippen molar-refractivity contribution in [2.24, 2.45) is 5.92 Å². The fourth-order valence-corrected chi connectivity index (χ4v) is 4.34. The Balaban J connectivity index is 1.47. The van der Waals surface area contributed by atoms with Crippen LogP contribution in [0.2, 0.25) is 0 Å². The molecule has 0 radical (unpaired) electrons. The Hall–Kier alpha value is -2.43. The van der Waals surface area contributed by atoms with Gasteiger partial charge >= 0.3 is 0 Å². The summed E-state index contributed by atoms with van der Waals surface area (Å²) in [5, 5.41) is 0. The summed E-state index contributed by atoms with van der Waals surface area (Å²) in [6.45, 7) is 2.52. The maximum atomic E-state index is 13.1. The Morgan fingerprint density at radius 2 is 2.08 bits per heavy atom. The fraction of sp³-hybridized carbons (Fsp3) is 0.429. The van der Waals surface area contributed by atoms with Crippen LogP contribution in [0.1, 0.15) is 41.6 Å². The number of aryl methyl sites for hydroxylation is 1. The minimum Gasteiger partial charge on any atom is -0.477 e. The first-order valence-corrected chi connectivity index (χ1v) is 9.25. The summed E-state index contributed by atoms with van der Waals surface area (Å²) in [5.74, 6) is 0.479. The van der Waals surface area contributed by atoms with Crippen LogP contribution in [0, 0.1) is 18.7 Å².